The Balaban J connectivity index is 2.46. The molecule has 0 radical (unpaired) electrons. The summed E-state index contributed by atoms with van der Waals surface area (Å²) in [6, 6.07) is 0.457. The van der Waals surface area contributed by atoms with Crippen LogP contribution in [0.4, 0.5) is 0 Å². The highest BCUT2D eigenvalue weighted by Gasteiger charge is 2.51. The van der Waals surface area contributed by atoms with Crippen LogP contribution in [-0.2, 0) is 16.2 Å². The number of hydrogen-bond acceptors (Lipinski definition) is 0. The molecule has 1 saturated carbocycles. The molecule has 0 heteroatoms. The summed E-state index contributed by atoms with van der Waals surface area (Å²) in [6.45, 7) is 13.7. The summed E-state index contributed by atoms with van der Waals surface area (Å²) in [5, 5.41) is 0. The van der Waals surface area contributed by atoms with Crippen molar-refractivity contribution in [2.45, 2.75) is 90.3 Å². The van der Waals surface area contributed by atoms with Gasteiger partial charge in [0.2, 0.25) is 0 Å². The molecule has 0 bridgehead atoms. The van der Waals surface area contributed by atoms with Gasteiger partial charge < -0.3 is 0 Å². The second-order valence-corrected chi connectivity index (χ2v) is 9.01. The van der Waals surface area contributed by atoms with E-state index in [1.54, 1.807) is 0 Å². The van der Waals surface area contributed by atoms with Crippen LogP contribution in [0, 0.1) is 11.8 Å². The molecule has 1 aromatic carbocycles. The van der Waals surface area contributed by atoms with E-state index in [0.29, 0.717) is 16.7 Å². The summed E-state index contributed by atoms with van der Waals surface area (Å²) in [5.41, 5.74) is -0.00242. The van der Waals surface area contributed by atoms with Crippen LogP contribution >= 0.6 is 0 Å². The fourth-order valence-electron chi connectivity index (χ4n) is 4.07. The van der Waals surface area contributed by atoms with Crippen LogP contribution in [-0.4, -0.2) is 0 Å². The summed E-state index contributed by atoms with van der Waals surface area (Å²) in [5.74, 6) is -0.732. The van der Waals surface area contributed by atoms with Gasteiger partial charge in [-0.3, -0.25) is 0 Å². The zero-order valence-electron chi connectivity index (χ0n) is 22.0. The van der Waals surface area contributed by atoms with Crippen molar-refractivity contribution in [2.24, 2.45) is 11.8 Å². The number of fused-ring (bicyclic) bond motifs is 2. The van der Waals surface area contributed by atoms with Crippen molar-refractivity contribution in [1.82, 2.24) is 0 Å². The second-order valence-electron chi connectivity index (χ2n) is 9.01. The van der Waals surface area contributed by atoms with Gasteiger partial charge in [0.1, 0.15) is 0 Å². The normalized spacial score (nSPS) is 47.5. The largest absolute Gasteiger partial charge is 0.0629 e. The molecule has 0 aliphatic heterocycles. The molecule has 2 aliphatic rings. The molecule has 1 fully saturated rings. The SMILES string of the molecule is [2H]c1c([2H])c2c(c([2H])c1C(C)(C)C)C(C)(C)C1C([2H])C([2H])C([2H])C([2H])C1C2(C)C. The van der Waals surface area contributed by atoms with Crippen molar-refractivity contribution in [3.8, 4) is 0 Å². The standard InChI is InChI=1S/C22H34/c1-20(2,3)15-12-13-18-19(14-15)22(6,7)17-11-9-8-10-16(17)21(18,4)5/h12-14,16-17H,8-11H2,1-7H3/i8D,9D,10D,11D,12D,13D,14D. The maximum atomic E-state index is 9.07. The molecule has 6 atom stereocenters. The quantitative estimate of drug-likeness (QED) is 0.523. The van der Waals surface area contributed by atoms with Gasteiger partial charge in [-0.2, -0.15) is 0 Å². The molecule has 3 rings (SSSR count). The Kier molecular flexibility index (Phi) is 2.10. The second kappa shape index (κ2) is 4.86. The Hall–Kier alpha value is -0.780. The van der Waals surface area contributed by atoms with E-state index in [9.17, 15) is 0 Å². The van der Waals surface area contributed by atoms with Crippen LogP contribution in [0.3, 0.4) is 0 Å². The Morgan fingerprint density at radius 1 is 0.955 bits per heavy atom. The van der Waals surface area contributed by atoms with Gasteiger partial charge in [0.15, 0.2) is 0 Å². The molecule has 0 saturated heterocycles. The fourth-order valence-corrected chi connectivity index (χ4v) is 4.07. The van der Waals surface area contributed by atoms with Crippen molar-refractivity contribution in [1.29, 1.82) is 0 Å². The lowest BCUT2D eigenvalue weighted by molar-refractivity contribution is 0.0704. The van der Waals surface area contributed by atoms with Crippen LogP contribution in [0.5, 0.6) is 0 Å². The Bertz CT molecular complexity index is 837. The highest BCUT2D eigenvalue weighted by Crippen LogP contribution is 2.57. The van der Waals surface area contributed by atoms with E-state index in [1.165, 1.54) is 0 Å². The van der Waals surface area contributed by atoms with E-state index in [1.807, 2.05) is 48.5 Å². The van der Waals surface area contributed by atoms with E-state index in [4.69, 9.17) is 9.60 Å². The lowest BCUT2D eigenvalue weighted by Gasteiger charge is -2.55. The van der Waals surface area contributed by atoms with Gasteiger partial charge in [0.25, 0.3) is 0 Å². The van der Waals surface area contributed by atoms with Crippen molar-refractivity contribution >= 4 is 0 Å². The molecule has 0 nitrogen and oxygen atoms in total. The fraction of sp³-hybridized carbons (Fsp3) is 0.727. The van der Waals surface area contributed by atoms with Crippen LogP contribution in [0.15, 0.2) is 18.1 Å². The monoisotopic (exact) mass is 305 g/mol. The maximum Gasteiger partial charge on any atom is 0.0629 e. The first-order valence-electron chi connectivity index (χ1n) is 12.1. The molecule has 1 aromatic rings. The average molecular weight is 306 g/mol. The van der Waals surface area contributed by atoms with Crippen molar-refractivity contribution in [2.75, 3.05) is 0 Å². The third-order valence-electron chi connectivity index (χ3n) is 5.65. The molecule has 122 valence electrons. The first-order valence-corrected chi connectivity index (χ1v) is 8.33. The highest BCUT2D eigenvalue weighted by atomic mass is 14.5. The van der Waals surface area contributed by atoms with E-state index in [-0.39, 0.29) is 30.0 Å². The molecule has 22 heavy (non-hydrogen) atoms. The first-order chi connectivity index (χ1) is 13.0. The van der Waals surface area contributed by atoms with Gasteiger partial charge in [-0.15, -0.1) is 0 Å². The lowest BCUT2D eigenvalue weighted by Crippen LogP contribution is -2.50. The molecule has 0 spiro atoms. The third-order valence-corrected chi connectivity index (χ3v) is 5.65. The van der Waals surface area contributed by atoms with Crippen LogP contribution < -0.4 is 0 Å². The molecular weight excluding hydrogens is 264 g/mol. The van der Waals surface area contributed by atoms with Gasteiger partial charge in [-0.05, 0) is 57.6 Å². The van der Waals surface area contributed by atoms with Crippen LogP contribution in [0.1, 0.15) is 100 Å². The molecule has 0 aromatic heterocycles. The molecule has 0 amide bonds. The Morgan fingerprint density at radius 3 is 1.95 bits per heavy atom. The van der Waals surface area contributed by atoms with Gasteiger partial charge in [-0.1, -0.05) is 79.4 Å². The first kappa shape index (κ1) is 9.50. The smallest absolute Gasteiger partial charge is 0.0582 e. The average Bonchev–Trinajstić information content (AvgIpc) is 2.56. The topological polar surface area (TPSA) is 0 Å². The van der Waals surface area contributed by atoms with E-state index in [2.05, 4.69) is 0 Å². The summed E-state index contributed by atoms with van der Waals surface area (Å²) >= 11 is 0. The molecule has 0 N–H and O–H groups in total. The number of hydrogen-bond donors (Lipinski definition) is 0. The van der Waals surface area contributed by atoms with E-state index >= 15 is 0 Å². The van der Waals surface area contributed by atoms with E-state index in [0.717, 1.165) is 0 Å². The summed E-state index contributed by atoms with van der Waals surface area (Å²) in [7, 11) is 0. The summed E-state index contributed by atoms with van der Waals surface area (Å²) < 4.78 is 60.9. The molecular formula is C22H34. The van der Waals surface area contributed by atoms with Gasteiger partial charge in [0, 0.05) is 5.48 Å². The highest BCUT2D eigenvalue weighted by molar-refractivity contribution is 5.46. The molecule has 2 aliphatic carbocycles. The van der Waals surface area contributed by atoms with E-state index < -0.39 is 41.8 Å². The van der Waals surface area contributed by atoms with Gasteiger partial charge >= 0.3 is 0 Å². The Labute approximate surface area is 147 Å². The zero-order chi connectivity index (χ0) is 22.4. The predicted octanol–water partition coefficient (Wildman–Crippen LogP) is 6.36. The predicted molar refractivity (Wildman–Crippen MR) is 96.6 cm³/mol. The van der Waals surface area contributed by atoms with Gasteiger partial charge in [-0.25, -0.2) is 0 Å². The van der Waals surface area contributed by atoms with Crippen molar-refractivity contribution in [3.05, 3.63) is 34.8 Å². The number of benzene rings is 1. The zero-order valence-corrected chi connectivity index (χ0v) is 15.0. The van der Waals surface area contributed by atoms with Crippen molar-refractivity contribution in [3.63, 3.8) is 0 Å². The molecule has 6 unspecified atom stereocenters. The minimum Gasteiger partial charge on any atom is -0.0582 e. The minimum absolute atomic E-state index is 0.0733. The lowest BCUT2D eigenvalue weighted by atomic mass is 9.49. The van der Waals surface area contributed by atoms with Crippen LogP contribution in [0.25, 0.3) is 0 Å². The summed E-state index contributed by atoms with van der Waals surface area (Å²) in [4.78, 5) is 0. The van der Waals surface area contributed by atoms with Crippen LogP contribution in [0.2, 0.25) is 0 Å². The van der Waals surface area contributed by atoms with Gasteiger partial charge in [0.05, 0.1) is 4.11 Å². The molecule has 0 heterocycles. The minimum atomic E-state index is -0.968. The summed E-state index contributed by atoms with van der Waals surface area (Å²) in [6.07, 6.45) is -3.59. The van der Waals surface area contributed by atoms with Crippen molar-refractivity contribution < 1.29 is 9.60 Å². The maximum absolute atomic E-state index is 9.07. The number of rotatable bonds is 0. The Morgan fingerprint density at radius 2 is 1.45 bits per heavy atom. The third kappa shape index (κ3) is 2.25.